The van der Waals surface area contributed by atoms with Gasteiger partial charge in [0.2, 0.25) is 0 Å². The summed E-state index contributed by atoms with van der Waals surface area (Å²) in [5.41, 5.74) is 3.21. The third kappa shape index (κ3) is 5.34. The lowest BCUT2D eigenvalue weighted by Crippen LogP contribution is -2.38. The Kier molecular flexibility index (Phi) is 6.88. The molecule has 0 bridgehead atoms. The zero-order valence-electron chi connectivity index (χ0n) is 17.7. The van der Waals surface area contributed by atoms with E-state index >= 15 is 0 Å². The predicted molar refractivity (Wildman–Crippen MR) is 113 cm³/mol. The van der Waals surface area contributed by atoms with Gasteiger partial charge in [0.1, 0.15) is 18.2 Å². The number of nitrogens with zero attached hydrogens (tertiary/aromatic N) is 6. The molecule has 1 atom stereocenters. The number of methoxy groups -OCH3 is 1. The minimum Gasteiger partial charge on any atom is -0.383 e. The van der Waals surface area contributed by atoms with Gasteiger partial charge in [-0.1, -0.05) is 0 Å². The lowest BCUT2D eigenvalue weighted by atomic mass is 10.2. The van der Waals surface area contributed by atoms with Gasteiger partial charge >= 0.3 is 6.18 Å². The summed E-state index contributed by atoms with van der Waals surface area (Å²) in [7, 11) is 1.57. The van der Waals surface area contributed by atoms with E-state index in [0.717, 1.165) is 29.7 Å². The molecule has 0 spiro atoms. The first-order valence-corrected chi connectivity index (χ1v) is 11.0. The van der Waals surface area contributed by atoms with Crippen LogP contribution in [-0.2, 0) is 22.6 Å². The van der Waals surface area contributed by atoms with Crippen molar-refractivity contribution in [2.75, 3.05) is 45.3 Å². The second-order valence-electron chi connectivity index (χ2n) is 7.47. The van der Waals surface area contributed by atoms with Gasteiger partial charge in [-0.3, -0.25) is 4.90 Å². The number of rotatable bonds is 8. The van der Waals surface area contributed by atoms with Crippen molar-refractivity contribution < 1.29 is 22.6 Å². The summed E-state index contributed by atoms with van der Waals surface area (Å²) < 4.78 is 51.1. The fourth-order valence-corrected chi connectivity index (χ4v) is 4.31. The van der Waals surface area contributed by atoms with Crippen LogP contribution in [0.5, 0.6) is 0 Å². The molecule has 1 fully saturated rings. The number of anilines is 1. The molecule has 1 N–H and O–H groups in total. The minimum absolute atomic E-state index is 0.117. The van der Waals surface area contributed by atoms with Gasteiger partial charge in [-0.05, 0) is 6.92 Å². The normalized spacial score (nSPS) is 17.8. The van der Waals surface area contributed by atoms with Crippen LogP contribution in [-0.4, -0.2) is 75.5 Å². The van der Waals surface area contributed by atoms with Crippen molar-refractivity contribution in [3.05, 3.63) is 28.2 Å². The maximum Gasteiger partial charge on any atom is 0.406 e. The van der Waals surface area contributed by atoms with Crippen LogP contribution in [0, 0.1) is 6.92 Å². The summed E-state index contributed by atoms with van der Waals surface area (Å²) in [6.45, 7) is 4.08. The first kappa shape index (κ1) is 22.8. The predicted octanol–water partition coefficient (Wildman–Crippen LogP) is 2.79. The summed E-state index contributed by atoms with van der Waals surface area (Å²) in [4.78, 5) is 20.8. The van der Waals surface area contributed by atoms with Crippen LogP contribution in [0.4, 0.5) is 19.0 Å². The Labute approximate surface area is 186 Å². The average Bonchev–Trinajstić information content (AvgIpc) is 3.33. The molecule has 1 aliphatic rings. The van der Waals surface area contributed by atoms with E-state index in [-0.39, 0.29) is 11.2 Å². The van der Waals surface area contributed by atoms with Crippen molar-refractivity contribution >= 4 is 28.3 Å². The lowest BCUT2D eigenvalue weighted by molar-refractivity contribution is -0.140. The van der Waals surface area contributed by atoms with Gasteiger partial charge < -0.3 is 19.4 Å². The van der Waals surface area contributed by atoms with Gasteiger partial charge in [-0.2, -0.15) is 13.2 Å². The first-order chi connectivity index (χ1) is 15.3. The molecule has 0 aliphatic carbocycles. The second kappa shape index (κ2) is 9.65. The van der Waals surface area contributed by atoms with Gasteiger partial charge in [0.15, 0.2) is 17.3 Å². The van der Waals surface area contributed by atoms with Crippen molar-refractivity contribution in [2.24, 2.45) is 0 Å². The van der Waals surface area contributed by atoms with Crippen LogP contribution in [0.25, 0.3) is 11.2 Å². The van der Waals surface area contributed by atoms with E-state index in [1.165, 1.54) is 4.88 Å². The molecule has 1 aliphatic heterocycles. The molecule has 9 nitrogen and oxygen atoms in total. The number of hydrogen-bond acceptors (Lipinski definition) is 9. The highest BCUT2D eigenvalue weighted by molar-refractivity contribution is 7.09. The molecule has 32 heavy (non-hydrogen) atoms. The van der Waals surface area contributed by atoms with E-state index in [1.54, 1.807) is 18.4 Å². The fourth-order valence-electron chi connectivity index (χ4n) is 3.49. The number of aromatic nitrogens is 5. The highest BCUT2D eigenvalue weighted by atomic mass is 32.1. The molecule has 1 unspecified atom stereocenters. The Morgan fingerprint density at radius 1 is 1.31 bits per heavy atom. The summed E-state index contributed by atoms with van der Waals surface area (Å²) in [5.74, 6) is 0.689. The Bertz CT molecular complexity index is 1060. The summed E-state index contributed by atoms with van der Waals surface area (Å²) >= 11 is 1.60. The van der Waals surface area contributed by atoms with E-state index in [2.05, 4.69) is 30.2 Å². The monoisotopic (exact) mass is 471 g/mol. The van der Waals surface area contributed by atoms with Crippen LogP contribution in [0.15, 0.2) is 11.8 Å². The molecule has 1 saturated heterocycles. The van der Waals surface area contributed by atoms with Crippen LogP contribution in [0.3, 0.4) is 0 Å². The molecular formula is C19H24F3N7O2S. The Morgan fingerprint density at radius 2 is 2.16 bits per heavy atom. The highest BCUT2D eigenvalue weighted by Crippen LogP contribution is 2.28. The Hall–Kier alpha value is -2.35. The third-order valence-corrected chi connectivity index (χ3v) is 6.00. The van der Waals surface area contributed by atoms with E-state index in [0.29, 0.717) is 37.9 Å². The summed E-state index contributed by atoms with van der Waals surface area (Å²) in [6, 6.07) is 0. The number of hydrogen-bond donors (Lipinski definition) is 1. The summed E-state index contributed by atoms with van der Waals surface area (Å²) in [5, 5.41) is 3.09. The van der Waals surface area contributed by atoms with Crippen molar-refractivity contribution in [3.8, 4) is 0 Å². The van der Waals surface area contributed by atoms with Crippen molar-refractivity contribution in [1.29, 1.82) is 0 Å². The molecule has 0 radical (unpaired) electrons. The molecule has 174 valence electrons. The van der Waals surface area contributed by atoms with Gasteiger partial charge in [0, 0.05) is 38.2 Å². The quantitative estimate of drug-likeness (QED) is 0.502. The van der Waals surface area contributed by atoms with E-state index in [1.807, 2.05) is 12.4 Å². The van der Waals surface area contributed by atoms with Gasteiger partial charge in [-0.15, -0.1) is 11.3 Å². The molecule has 0 amide bonds. The van der Waals surface area contributed by atoms with E-state index < -0.39 is 18.8 Å². The number of imidazole rings is 1. The van der Waals surface area contributed by atoms with Gasteiger partial charge in [0.25, 0.3) is 0 Å². The third-order valence-electron chi connectivity index (χ3n) is 5.08. The minimum atomic E-state index is -4.40. The Balaban J connectivity index is 1.62. The number of fused-ring (bicyclic) bond motifs is 1. The maximum absolute atomic E-state index is 13.1. The molecule has 0 aromatic carbocycles. The SMILES string of the molecule is COCCNc1nc(C2CN(Cc3scnc3C)CCO2)nc2c1ncn2CC(F)(F)F. The smallest absolute Gasteiger partial charge is 0.383 e. The van der Waals surface area contributed by atoms with Crippen LogP contribution in [0.2, 0.25) is 0 Å². The number of ether oxygens (including phenoxy) is 2. The molecule has 3 aromatic heterocycles. The number of aryl methyl sites for hydroxylation is 1. The number of nitrogens with one attached hydrogen (secondary N) is 1. The van der Waals surface area contributed by atoms with Crippen LogP contribution < -0.4 is 5.32 Å². The zero-order valence-corrected chi connectivity index (χ0v) is 18.5. The average molecular weight is 472 g/mol. The second-order valence-corrected chi connectivity index (χ2v) is 8.40. The van der Waals surface area contributed by atoms with Crippen molar-refractivity contribution in [3.63, 3.8) is 0 Å². The van der Waals surface area contributed by atoms with E-state index in [4.69, 9.17) is 9.47 Å². The largest absolute Gasteiger partial charge is 0.406 e. The standard InChI is InChI=1S/C19H24F3N7O2S/c1-12-14(32-11-25-12)8-28-4-6-31-13(7-28)16-26-17(23-3-5-30-2)15-18(27-16)29(10-24-15)9-19(20,21)22/h10-11,13H,3-9H2,1-2H3,(H,23,26,27). The lowest BCUT2D eigenvalue weighted by Gasteiger charge is -2.32. The number of alkyl halides is 3. The molecule has 4 rings (SSSR count). The number of thiazole rings is 1. The molecule has 3 aromatic rings. The topological polar surface area (TPSA) is 90.2 Å². The first-order valence-electron chi connectivity index (χ1n) is 10.1. The van der Waals surface area contributed by atoms with Crippen molar-refractivity contribution in [1.82, 2.24) is 29.4 Å². The van der Waals surface area contributed by atoms with E-state index in [9.17, 15) is 13.2 Å². The summed E-state index contributed by atoms with van der Waals surface area (Å²) in [6.07, 6.45) is -3.73. The van der Waals surface area contributed by atoms with Gasteiger partial charge in [-0.25, -0.2) is 19.9 Å². The molecular weight excluding hydrogens is 447 g/mol. The maximum atomic E-state index is 13.1. The Morgan fingerprint density at radius 3 is 2.88 bits per heavy atom. The highest BCUT2D eigenvalue weighted by Gasteiger charge is 2.31. The van der Waals surface area contributed by atoms with Crippen LogP contribution in [0.1, 0.15) is 22.5 Å². The van der Waals surface area contributed by atoms with Crippen molar-refractivity contribution in [2.45, 2.75) is 32.3 Å². The number of halogens is 3. The van der Waals surface area contributed by atoms with Crippen LogP contribution >= 0.6 is 11.3 Å². The van der Waals surface area contributed by atoms with Gasteiger partial charge in [0.05, 0.1) is 30.7 Å². The molecule has 4 heterocycles. The zero-order chi connectivity index (χ0) is 22.7. The molecule has 0 saturated carbocycles. The number of morpholine rings is 1. The fraction of sp³-hybridized carbons (Fsp3) is 0.579. The molecule has 13 heteroatoms.